The van der Waals surface area contributed by atoms with Crippen molar-refractivity contribution in [2.75, 3.05) is 5.73 Å². The third kappa shape index (κ3) is 2.16. The van der Waals surface area contributed by atoms with Crippen molar-refractivity contribution < 1.29 is 13.2 Å². The van der Waals surface area contributed by atoms with Crippen molar-refractivity contribution in [2.45, 2.75) is 6.42 Å². The minimum atomic E-state index is -1.19. The van der Waals surface area contributed by atoms with Gasteiger partial charge in [-0.2, -0.15) is 0 Å². The molecule has 0 unspecified atom stereocenters. The fourth-order valence-electron chi connectivity index (χ4n) is 1.33. The van der Waals surface area contributed by atoms with Crippen LogP contribution in [0, 0.1) is 17.5 Å². The molecule has 0 atom stereocenters. The molecular weight excluding hydrogens is 237 g/mol. The zero-order chi connectivity index (χ0) is 11.7. The van der Waals surface area contributed by atoms with Crippen molar-refractivity contribution in [3.8, 4) is 0 Å². The molecule has 0 aliphatic carbocycles. The van der Waals surface area contributed by atoms with Crippen LogP contribution in [-0.2, 0) is 6.42 Å². The lowest BCUT2D eigenvalue weighted by atomic mass is 10.1. The van der Waals surface area contributed by atoms with Crippen molar-refractivity contribution in [1.82, 2.24) is 4.98 Å². The van der Waals surface area contributed by atoms with Crippen LogP contribution in [-0.4, -0.2) is 4.98 Å². The van der Waals surface area contributed by atoms with Gasteiger partial charge in [0.05, 0.1) is 0 Å². The zero-order valence-electron chi connectivity index (χ0n) is 8.01. The highest BCUT2D eigenvalue weighted by molar-refractivity contribution is 7.15. The quantitative estimate of drug-likeness (QED) is 0.825. The van der Waals surface area contributed by atoms with Gasteiger partial charge in [0.2, 0.25) is 0 Å². The molecule has 2 N–H and O–H groups in total. The van der Waals surface area contributed by atoms with E-state index in [0.717, 1.165) is 17.4 Å². The Morgan fingerprint density at radius 1 is 1.25 bits per heavy atom. The number of nitrogens with two attached hydrogens (primary N) is 1. The number of nitrogen functional groups attached to an aromatic ring is 1. The van der Waals surface area contributed by atoms with Gasteiger partial charge in [0.1, 0.15) is 5.82 Å². The van der Waals surface area contributed by atoms with E-state index in [0.29, 0.717) is 16.1 Å². The van der Waals surface area contributed by atoms with E-state index in [1.54, 1.807) is 0 Å². The minimum absolute atomic E-state index is 0.0406. The summed E-state index contributed by atoms with van der Waals surface area (Å²) < 4.78 is 39.1. The third-order valence-corrected chi connectivity index (χ3v) is 2.83. The van der Waals surface area contributed by atoms with Gasteiger partial charge in [0.15, 0.2) is 16.8 Å². The van der Waals surface area contributed by atoms with E-state index in [9.17, 15) is 13.2 Å². The molecule has 0 spiro atoms. The molecule has 0 saturated heterocycles. The van der Waals surface area contributed by atoms with Crippen LogP contribution in [0.1, 0.15) is 10.4 Å². The summed E-state index contributed by atoms with van der Waals surface area (Å²) in [7, 11) is 0. The van der Waals surface area contributed by atoms with Gasteiger partial charge in [-0.1, -0.05) is 0 Å². The summed E-state index contributed by atoms with van der Waals surface area (Å²) in [5.74, 6) is -3.02. The van der Waals surface area contributed by atoms with E-state index in [2.05, 4.69) is 4.98 Å². The lowest BCUT2D eigenvalue weighted by Crippen LogP contribution is -1.96. The van der Waals surface area contributed by atoms with Crippen LogP contribution in [0.15, 0.2) is 18.3 Å². The van der Waals surface area contributed by atoms with Gasteiger partial charge in [-0.05, 0) is 11.6 Å². The van der Waals surface area contributed by atoms with Gasteiger partial charge in [0.25, 0.3) is 0 Å². The second-order valence-electron chi connectivity index (χ2n) is 3.20. The summed E-state index contributed by atoms with van der Waals surface area (Å²) in [6, 6.07) is 1.48. The normalized spacial score (nSPS) is 10.7. The average Bonchev–Trinajstić information content (AvgIpc) is 2.60. The maximum absolute atomic E-state index is 13.3. The topological polar surface area (TPSA) is 38.9 Å². The molecule has 0 aliphatic rings. The van der Waals surface area contributed by atoms with Crippen molar-refractivity contribution in [3.05, 3.63) is 46.2 Å². The first kappa shape index (κ1) is 10.9. The molecule has 2 aromatic rings. The number of halogens is 3. The number of anilines is 1. The summed E-state index contributed by atoms with van der Waals surface area (Å²) >= 11 is 1.16. The van der Waals surface area contributed by atoms with E-state index in [1.165, 1.54) is 6.20 Å². The Balaban J connectivity index is 2.34. The molecule has 1 aromatic carbocycles. The fraction of sp³-hybridized carbons (Fsp3) is 0.100. The molecule has 0 radical (unpaired) electrons. The molecular formula is C10H7F3N2S. The Kier molecular flexibility index (Phi) is 2.82. The summed E-state index contributed by atoms with van der Waals surface area (Å²) in [6.45, 7) is 0. The van der Waals surface area contributed by atoms with Crippen molar-refractivity contribution in [2.24, 2.45) is 0 Å². The molecule has 1 heterocycles. The van der Waals surface area contributed by atoms with Gasteiger partial charge >= 0.3 is 0 Å². The first-order valence-electron chi connectivity index (χ1n) is 4.40. The molecule has 2 nitrogen and oxygen atoms in total. The van der Waals surface area contributed by atoms with Crippen LogP contribution in [0.3, 0.4) is 0 Å². The monoisotopic (exact) mass is 244 g/mol. The SMILES string of the molecule is Nc1ncc(Cc2cc(F)cc(F)c2F)s1. The second-order valence-corrected chi connectivity index (χ2v) is 4.35. The van der Waals surface area contributed by atoms with E-state index in [1.807, 2.05) is 0 Å². The zero-order valence-corrected chi connectivity index (χ0v) is 8.82. The highest BCUT2D eigenvalue weighted by Crippen LogP contribution is 2.22. The van der Waals surface area contributed by atoms with E-state index in [4.69, 9.17) is 5.73 Å². The molecule has 0 saturated carbocycles. The summed E-state index contributed by atoms with van der Waals surface area (Å²) in [6.07, 6.45) is 1.54. The van der Waals surface area contributed by atoms with Crippen LogP contribution >= 0.6 is 11.3 Å². The fourth-order valence-corrected chi connectivity index (χ4v) is 2.04. The Morgan fingerprint density at radius 2 is 2.00 bits per heavy atom. The van der Waals surface area contributed by atoms with Crippen LogP contribution in [0.5, 0.6) is 0 Å². The molecule has 1 aromatic heterocycles. The number of thiazole rings is 1. The van der Waals surface area contributed by atoms with E-state index >= 15 is 0 Å². The van der Waals surface area contributed by atoms with Crippen LogP contribution in [0.4, 0.5) is 18.3 Å². The average molecular weight is 244 g/mol. The van der Waals surface area contributed by atoms with Gasteiger partial charge in [-0.15, -0.1) is 11.3 Å². The smallest absolute Gasteiger partial charge is 0.180 e. The molecule has 0 bridgehead atoms. The molecule has 84 valence electrons. The number of hydrogen-bond donors (Lipinski definition) is 1. The van der Waals surface area contributed by atoms with Gasteiger partial charge < -0.3 is 5.73 Å². The van der Waals surface area contributed by atoms with Crippen molar-refractivity contribution in [1.29, 1.82) is 0 Å². The maximum atomic E-state index is 13.3. The highest BCUT2D eigenvalue weighted by atomic mass is 32.1. The second kappa shape index (κ2) is 4.13. The Hall–Kier alpha value is -1.56. The summed E-state index contributed by atoms with van der Waals surface area (Å²) in [4.78, 5) is 4.43. The molecule has 6 heteroatoms. The molecule has 16 heavy (non-hydrogen) atoms. The number of rotatable bonds is 2. The number of aromatic nitrogens is 1. The van der Waals surface area contributed by atoms with E-state index < -0.39 is 17.5 Å². The number of hydrogen-bond acceptors (Lipinski definition) is 3. The van der Waals surface area contributed by atoms with Crippen molar-refractivity contribution in [3.63, 3.8) is 0 Å². The molecule has 0 fully saturated rings. The van der Waals surface area contributed by atoms with Crippen molar-refractivity contribution >= 4 is 16.5 Å². The Bertz CT molecular complexity index is 525. The summed E-state index contributed by atoms with van der Waals surface area (Å²) in [5.41, 5.74) is 5.36. The molecule has 0 aliphatic heterocycles. The maximum Gasteiger partial charge on any atom is 0.180 e. The van der Waals surface area contributed by atoms with Gasteiger partial charge in [-0.3, -0.25) is 0 Å². The first-order chi connectivity index (χ1) is 7.56. The van der Waals surface area contributed by atoms with E-state index in [-0.39, 0.29) is 12.0 Å². The Labute approximate surface area is 93.5 Å². The number of benzene rings is 1. The van der Waals surface area contributed by atoms with Gasteiger partial charge in [0, 0.05) is 23.6 Å². The van der Waals surface area contributed by atoms with Crippen LogP contribution in [0.25, 0.3) is 0 Å². The lowest BCUT2D eigenvalue weighted by Gasteiger charge is -2.02. The minimum Gasteiger partial charge on any atom is -0.375 e. The van der Waals surface area contributed by atoms with Crippen LogP contribution < -0.4 is 5.73 Å². The van der Waals surface area contributed by atoms with Crippen LogP contribution in [0.2, 0.25) is 0 Å². The standard InChI is InChI=1S/C10H7F3N2S/c11-6-1-5(9(13)8(12)3-6)2-7-4-15-10(14)16-7/h1,3-4H,2H2,(H2,14,15). The highest BCUT2D eigenvalue weighted by Gasteiger charge is 2.12. The summed E-state index contributed by atoms with van der Waals surface area (Å²) in [5, 5.41) is 0.340. The Morgan fingerprint density at radius 3 is 2.62 bits per heavy atom. The molecule has 2 rings (SSSR count). The number of nitrogens with zero attached hydrogens (tertiary/aromatic N) is 1. The third-order valence-electron chi connectivity index (χ3n) is 2.00. The lowest BCUT2D eigenvalue weighted by molar-refractivity contribution is 0.487. The van der Waals surface area contributed by atoms with Gasteiger partial charge in [-0.25, -0.2) is 18.2 Å². The first-order valence-corrected chi connectivity index (χ1v) is 5.21. The largest absolute Gasteiger partial charge is 0.375 e. The molecule has 0 amide bonds. The predicted octanol–water partition coefficient (Wildman–Crippen LogP) is 2.73. The predicted molar refractivity (Wildman–Crippen MR) is 55.6 cm³/mol.